The second-order valence-corrected chi connectivity index (χ2v) is 4.55. The van der Waals surface area contributed by atoms with Gasteiger partial charge in [-0.2, -0.15) is 5.26 Å². The predicted octanol–water partition coefficient (Wildman–Crippen LogP) is 1.89. The number of hydrogen-bond acceptors (Lipinski definition) is 3. The topological polar surface area (TPSA) is 36.3 Å². The van der Waals surface area contributed by atoms with Gasteiger partial charge in [-0.3, -0.25) is 0 Å². The molecule has 2 unspecified atom stereocenters. The third-order valence-electron chi connectivity index (χ3n) is 3.36. The number of rotatable bonds is 4. The molecule has 1 saturated heterocycles. The molecular weight excluding hydrogens is 188 g/mol. The second-order valence-electron chi connectivity index (χ2n) is 4.55. The molecule has 0 aromatic rings. The van der Waals surface area contributed by atoms with Crippen LogP contribution in [0.3, 0.4) is 0 Å². The Morgan fingerprint density at radius 1 is 1.40 bits per heavy atom. The zero-order chi connectivity index (χ0) is 11.3. The summed E-state index contributed by atoms with van der Waals surface area (Å²) in [6.45, 7) is 3.82. The van der Waals surface area contributed by atoms with Crippen LogP contribution in [0.1, 0.15) is 26.2 Å². The molecule has 0 aliphatic carbocycles. The monoisotopic (exact) mass is 210 g/mol. The number of nitrogens with zero attached hydrogens (tertiary/aromatic N) is 2. The average molecular weight is 210 g/mol. The van der Waals surface area contributed by atoms with Crippen LogP contribution in [0.4, 0.5) is 0 Å². The van der Waals surface area contributed by atoms with Crippen molar-refractivity contribution < 1.29 is 4.74 Å². The van der Waals surface area contributed by atoms with Crippen molar-refractivity contribution in [2.24, 2.45) is 11.8 Å². The van der Waals surface area contributed by atoms with Crippen molar-refractivity contribution in [1.82, 2.24) is 4.90 Å². The summed E-state index contributed by atoms with van der Waals surface area (Å²) in [7, 11) is 4.17. The van der Waals surface area contributed by atoms with Crippen LogP contribution in [0.2, 0.25) is 0 Å². The highest BCUT2D eigenvalue weighted by atomic mass is 16.5. The van der Waals surface area contributed by atoms with Gasteiger partial charge in [-0.1, -0.05) is 6.92 Å². The summed E-state index contributed by atoms with van der Waals surface area (Å²) in [5.41, 5.74) is 0. The highest BCUT2D eigenvalue weighted by molar-refractivity contribution is 4.95. The average Bonchev–Trinajstić information content (AvgIpc) is 2.26. The standard InChI is InChI=1S/C12H22N2O/c1-4-10(9-13)12(14(2)3)11-5-7-15-8-6-11/h10-12H,4-8H2,1-3H3. The first-order chi connectivity index (χ1) is 7.20. The Balaban J connectivity index is 2.67. The first-order valence-electron chi connectivity index (χ1n) is 5.84. The van der Waals surface area contributed by atoms with E-state index in [0.717, 1.165) is 32.5 Å². The first kappa shape index (κ1) is 12.5. The van der Waals surface area contributed by atoms with Gasteiger partial charge >= 0.3 is 0 Å². The number of ether oxygens (including phenoxy) is 1. The van der Waals surface area contributed by atoms with Crippen LogP contribution in [0, 0.1) is 23.2 Å². The minimum atomic E-state index is 0.156. The lowest BCUT2D eigenvalue weighted by molar-refractivity contribution is 0.0268. The smallest absolute Gasteiger partial charge is 0.0672 e. The molecule has 0 aromatic heterocycles. The minimum Gasteiger partial charge on any atom is -0.381 e. The molecule has 0 saturated carbocycles. The van der Waals surface area contributed by atoms with Crippen molar-refractivity contribution in [3.63, 3.8) is 0 Å². The van der Waals surface area contributed by atoms with E-state index in [1.54, 1.807) is 0 Å². The van der Waals surface area contributed by atoms with Gasteiger partial charge < -0.3 is 9.64 Å². The molecular formula is C12H22N2O. The quantitative estimate of drug-likeness (QED) is 0.711. The third-order valence-corrected chi connectivity index (χ3v) is 3.36. The van der Waals surface area contributed by atoms with Crippen molar-refractivity contribution >= 4 is 0 Å². The molecule has 86 valence electrons. The summed E-state index contributed by atoms with van der Waals surface area (Å²) in [5.74, 6) is 0.779. The molecule has 1 aliphatic rings. The summed E-state index contributed by atoms with van der Waals surface area (Å²) >= 11 is 0. The molecule has 0 N–H and O–H groups in total. The fraction of sp³-hybridized carbons (Fsp3) is 0.917. The maximum absolute atomic E-state index is 9.17. The largest absolute Gasteiger partial charge is 0.381 e. The molecule has 0 aromatic carbocycles. The van der Waals surface area contributed by atoms with Gasteiger partial charge in [0.2, 0.25) is 0 Å². The molecule has 0 radical (unpaired) electrons. The normalized spacial score (nSPS) is 22.3. The number of nitriles is 1. The van der Waals surface area contributed by atoms with Gasteiger partial charge in [0, 0.05) is 19.3 Å². The Hall–Kier alpha value is -0.590. The van der Waals surface area contributed by atoms with Crippen molar-refractivity contribution in [2.45, 2.75) is 32.2 Å². The molecule has 0 bridgehead atoms. The zero-order valence-electron chi connectivity index (χ0n) is 10.1. The van der Waals surface area contributed by atoms with E-state index in [2.05, 4.69) is 32.0 Å². The molecule has 2 atom stereocenters. The lowest BCUT2D eigenvalue weighted by atomic mass is 9.82. The van der Waals surface area contributed by atoms with E-state index >= 15 is 0 Å². The van der Waals surface area contributed by atoms with Crippen molar-refractivity contribution in [3.05, 3.63) is 0 Å². The zero-order valence-corrected chi connectivity index (χ0v) is 10.1. The maximum Gasteiger partial charge on any atom is 0.0672 e. The minimum absolute atomic E-state index is 0.156. The van der Waals surface area contributed by atoms with E-state index in [0.29, 0.717) is 12.0 Å². The summed E-state index contributed by atoms with van der Waals surface area (Å²) in [6.07, 6.45) is 3.14. The third kappa shape index (κ3) is 3.19. The maximum atomic E-state index is 9.17. The molecule has 1 aliphatic heterocycles. The Labute approximate surface area is 93.0 Å². The second kappa shape index (κ2) is 6.09. The molecule has 3 nitrogen and oxygen atoms in total. The van der Waals surface area contributed by atoms with E-state index in [9.17, 15) is 0 Å². The summed E-state index contributed by atoms with van der Waals surface area (Å²) < 4.78 is 5.38. The van der Waals surface area contributed by atoms with Crippen LogP contribution in [0.25, 0.3) is 0 Å². The van der Waals surface area contributed by atoms with Gasteiger partial charge in [0.05, 0.1) is 12.0 Å². The molecule has 15 heavy (non-hydrogen) atoms. The van der Waals surface area contributed by atoms with E-state index in [-0.39, 0.29) is 5.92 Å². The SMILES string of the molecule is CCC(C#N)C(C1CCOCC1)N(C)C. The molecule has 0 spiro atoms. The Bertz CT molecular complexity index is 216. The molecule has 3 heteroatoms. The predicted molar refractivity (Wildman–Crippen MR) is 60.4 cm³/mol. The fourth-order valence-electron chi connectivity index (χ4n) is 2.58. The van der Waals surface area contributed by atoms with Gasteiger partial charge in [0.15, 0.2) is 0 Å². The van der Waals surface area contributed by atoms with Crippen LogP contribution in [-0.4, -0.2) is 38.3 Å². The van der Waals surface area contributed by atoms with Crippen molar-refractivity contribution in [1.29, 1.82) is 5.26 Å². The van der Waals surface area contributed by atoms with E-state index in [1.165, 1.54) is 0 Å². The van der Waals surface area contributed by atoms with E-state index < -0.39 is 0 Å². The van der Waals surface area contributed by atoms with Gasteiger partial charge in [-0.25, -0.2) is 0 Å². The summed E-state index contributed by atoms with van der Waals surface area (Å²) in [4.78, 5) is 2.22. The van der Waals surface area contributed by atoms with E-state index in [4.69, 9.17) is 10.00 Å². The Kier molecular flexibility index (Phi) is 5.07. The summed E-state index contributed by atoms with van der Waals surface area (Å²) in [5, 5.41) is 9.17. The fourth-order valence-corrected chi connectivity index (χ4v) is 2.58. The Morgan fingerprint density at radius 2 is 2.00 bits per heavy atom. The van der Waals surface area contributed by atoms with Gasteiger partial charge in [-0.05, 0) is 39.3 Å². The molecule has 1 heterocycles. The Morgan fingerprint density at radius 3 is 2.40 bits per heavy atom. The van der Waals surface area contributed by atoms with Crippen LogP contribution >= 0.6 is 0 Å². The highest BCUT2D eigenvalue weighted by Crippen LogP contribution is 2.28. The number of hydrogen-bond donors (Lipinski definition) is 0. The van der Waals surface area contributed by atoms with Gasteiger partial charge in [0.25, 0.3) is 0 Å². The van der Waals surface area contributed by atoms with Gasteiger partial charge in [-0.15, -0.1) is 0 Å². The molecule has 1 fully saturated rings. The molecule has 1 rings (SSSR count). The lowest BCUT2D eigenvalue weighted by Gasteiger charge is -2.37. The lowest BCUT2D eigenvalue weighted by Crippen LogP contribution is -2.43. The van der Waals surface area contributed by atoms with Crippen molar-refractivity contribution in [3.8, 4) is 6.07 Å². The van der Waals surface area contributed by atoms with Crippen LogP contribution in [0.5, 0.6) is 0 Å². The molecule has 0 amide bonds. The highest BCUT2D eigenvalue weighted by Gasteiger charge is 2.31. The summed E-state index contributed by atoms with van der Waals surface area (Å²) in [6, 6.07) is 2.84. The van der Waals surface area contributed by atoms with Gasteiger partial charge in [0.1, 0.15) is 0 Å². The van der Waals surface area contributed by atoms with Crippen molar-refractivity contribution in [2.75, 3.05) is 27.3 Å². The van der Waals surface area contributed by atoms with Crippen LogP contribution < -0.4 is 0 Å². The van der Waals surface area contributed by atoms with Crippen LogP contribution in [0.15, 0.2) is 0 Å². The van der Waals surface area contributed by atoms with E-state index in [1.807, 2.05) is 0 Å². The van der Waals surface area contributed by atoms with Crippen LogP contribution in [-0.2, 0) is 4.74 Å². The first-order valence-corrected chi connectivity index (χ1v) is 5.84.